The molecule has 1 atom stereocenters. The zero-order valence-corrected chi connectivity index (χ0v) is 16.3. The Kier molecular flexibility index (Phi) is 5.60. The molecule has 144 valence electrons. The molecule has 7 nitrogen and oxygen atoms in total. The monoisotopic (exact) mass is 370 g/mol. The molecule has 0 bridgehead atoms. The molecule has 1 aliphatic rings. The minimum atomic E-state index is -0.486. The number of ether oxygens (including phenoxy) is 1. The third kappa shape index (κ3) is 4.03. The Morgan fingerprint density at radius 1 is 1.22 bits per heavy atom. The van der Waals surface area contributed by atoms with E-state index in [1.165, 1.54) is 0 Å². The van der Waals surface area contributed by atoms with E-state index in [0.717, 1.165) is 22.6 Å². The van der Waals surface area contributed by atoms with Gasteiger partial charge in [0.15, 0.2) is 0 Å². The minimum absolute atomic E-state index is 0.0404. The minimum Gasteiger partial charge on any atom is -0.383 e. The van der Waals surface area contributed by atoms with Gasteiger partial charge in [-0.3, -0.25) is 9.59 Å². The molecule has 1 aromatic carbocycles. The van der Waals surface area contributed by atoms with E-state index in [1.807, 2.05) is 48.9 Å². The summed E-state index contributed by atoms with van der Waals surface area (Å²) in [5.74, 6) is -0.0870. The lowest BCUT2D eigenvalue weighted by Gasteiger charge is -2.38. The van der Waals surface area contributed by atoms with E-state index in [-0.39, 0.29) is 18.4 Å². The number of carbonyl (C=O) groups excluding carboxylic acids is 2. The molecule has 0 radical (unpaired) electrons. The van der Waals surface area contributed by atoms with Crippen LogP contribution in [0.5, 0.6) is 0 Å². The van der Waals surface area contributed by atoms with Gasteiger partial charge in [0, 0.05) is 25.9 Å². The van der Waals surface area contributed by atoms with Gasteiger partial charge in [0.2, 0.25) is 11.8 Å². The van der Waals surface area contributed by atoms with Crippen LogP contribution in [0.15, 0.2) is 30.3 Å². The first-order chi connectivity index (χ1) is 12.9. The number of amides is 2. The van der Waals surface area contributed by atoms with Gasteiger partial charge in [-0.15, -0.1) is 0 Å². The summed E-state index contributed by atoms with van der Waals surface area (Å²) in [6, 6.07) is 9.46. The topological polar surface area (TPSA) is 67.7 Å². The summed E-state index contributed by atoms with van der Waals surface area (Å²) in [6.07, 6.45) is 0. The first-order valence-electron chi connectivity index (χ1n) is 9.10. The molecule has 1 aromatic heterocycles. The summed E-state index contributed by atoms with van der Waals surface area (Å²) >= 11 is 0. The molecule has 0 spiro atoms. The van der Waals surface area contributed by atoms with Crippen molar-refractivity contribution in [2.24, 2.45) is 0 Å². The fourth-order valence-corrected chi connectivity index (χ4v) is 3.43. The van der Waals surface area contributed by atoms with E-state index < -0.39 is 6.04 Å². The number of hydrogen-bond donors (Lipinski definition) is 0. The van der Waals surface area contributed by atoms with Gasteiger partial charge >= 0.3 is 0 Å². The molecule has 2 amide bonds. The smallest absolute Gasteiger partial charge is 0.245 e. The lowest BCUT2D eigenvalue weighted by Crippen LogP contribution is -2.58. The average Bonchev–Trinajstić information content (AvgIpc) is 2.99. The Morgan fingerprint density at radius 2 is 2.00 bits per heavy atom. The molecule has 0 aliphatic carbocycles. The number of nitrogens with zero attached hydrogens (tertiary/aromatic N) is 4. The number of hydrogen-bond acceptors (Lipinski definition) is 4. The lowest BCUT2D eigenvalue weighted by atomic mass is 10.1. The molecule has 27 heavy (non-hydrogen) atoms. The molecule has 0 unspecified atom stereocenters. The first kappa shape index (κ1) is 19.1. The SMILES string of the molecule is COCCN1CC(=O)N(Cc2cccc(-n3nc(C)cc3C)c2)[C@@H](C)C1=O. The average molecular weight is 370 g/mol. The van der Waals surface area contributed by atoms with E-state index in [9.17, 15) is 9.59 Å². The van der Waals surface area contributed by atoms with Crippen molar-refractivity contribution in [3.05, 3.63) is 47.3 Å². The number of aryl methyl sites for hydroxylation is 2. The number of carbonyl (C=O) groups is 2. The second-order valence-electron chi connectivity index (χ2n) is 6.96. The number of methoxy groups -OCH3 is 1. The fourth-order valence-electron chi connectivity index (χ4n) is 3.43. The highest BCUT2D eigenvalue weighted by atomic mass is 16.5. The Balaban J connectivity index is 1.77. The van der Waals surface area contributed by atoms with Crippen LogP contribution in [-0.2, 0) is 20.9 Å². The molecule has 0 saturated carbocycles. The molecule has 2 heterocycles. The van der Waals surface area contributed by atoms with Gasteiger partial charge in [0.05, 0.1) is 24.5 Å². The highest BCUT2D eigenvalue weighted by Gasteiger charge is 2.36. The number of aromatic nitrogens is 2. The second kappa shape index (κ2) is 7.92. The highest BCUT2D eigenvalue weighted by Crippen LogP contribution is 2.19. The van der Waals surface area contributed by atoms with Crippen LogP contribution in [0.1, 0.15) is 23.9 Å². The molecular formula is C20H26N4O3. The predicted octanol–water partition coefficient (Wildman–Crippen LogP) is 1.69. The summed E-state index contributed by atoms with van der Waals surface area (Å²) in [5.41, 5.74) is 3.93. The molecule has 1 aliphatic heterocycles. The van der Waals surface area contributed by atoms with Crippen molar-refractivity contribution < 1.29 is 14.3 Å². The lowest BCUT2D eigenvalue weighted by molar-refractivity contribution is -0.156. The molecule has 1 fully saturated rings. The van der Waals surface area contributed by atoms with E-state index >= 15 is 0 Å². The van der Waals surface area contributed by atoms with Crippen molar-refractivity contribution in [2.45, 2.75) is 33.4 Å². The van der Waals surface area contributed by atoms with Crippen molar-refractivity contribution >= 4 is 11.8 Å². The van der Waals surface area contributed by atoms with Gasteiger partial charge in [-0.2, -0.15) is 5.10 Å². The number of rotatable bonds is 6. The molecule has 2 aromatic rings. The van der Waals surface area contributed by atoms with Crippen LogP contribution in [-0.4, -0.2) is 64.2 Å². The van der Waals surface area contributed by atoms with Crippen LogP contribution in [0.3, 0.4) is 0 Å². The van der Waals surface area contributed by atoms with E-state index in [4.69, 9.17) is 4.74 Å². The maximum absolute atomic E-state index is 12.6. The Morgan fingerprint density at radius 3 is 2.67 bits per heavy atom. The zero-order chi connectivity index (χ0) is 19.6. The van der Waals surface area contributed by atoms with Crippen LogP contribution < -0.4 is 0 Å². The van der Waals surface area contributed by atoms with Crippen molar-refractivity contribution in [3.63, 3.8) is 0 Å². The Hall–Kier alpha value is -2.67. The van der Waals surface area contributed by atoms with Crippen molar-refractivity contribution in [1.82, 2.24) is 19.6 Å². The molecular weight excluding hydrogens is 344 g/mol. The number of benzene rings is 1. The standard InChI is InChI=1S/C20H26N4O3/c1-14-10-15(2)24(21-14)18-7-5-6-17(11-18)12-23-16(3)20(26)22(8-9-27-4)13-19(23)25/h5-7,10-11,16H,8-9,12-13H2,1-4H3/t16-/m0/s1. The maximum atomic E-state index is 12.6. The molecule has 0 N–H and O–H groups in total. The van der Waals surface area contributed by atoms with Gasteiger partial charge in [0.1, 0.15) is 6.04 Å². The van der Waals surface area contributed by atoms with Gasteiger partial charge in [0.25, 0.3) is 0 Å². The molecule has 7 heteroatoms. The number of piperazine rings is 1. The molecule has 1 saturated heterocycles. The Labute approximate surface area is 159 Å². The Bertz CT molecular complexity index is 846. The highest BCUT2D eigenvalue weighted by molar-refractivity contribution is 5.94. The van der Waals surface area contributed by atoms with Crippen LogP contribution in [0.2, 0.25) is 0 Å². The summed E-state index contributed by atoms with van der Waals surface area (Å²) in [7, 11) is 1.59. The van der Waals surface area contributed by atoms with Gasteiger partial charge in [-0.1, -0.05) is 12.1 Å². The largest absolute Gasteiger partial charge is 0.383 e. The van der Waals surface area contributed by atoms with Crippen LogP contribution in [0.25, 0.3) is 5.69 Å². The summed E-state index contributed by atoms with van der Waals surface area (Å²) in [6.45, 7) is 7.12. The summed E-state index contributed by atoms with van der Waals surface area (Å²) < 4.78 is 6.91. The molecule has 3 rings (SSSR count). The zero-order valence-electron chi connectivity index (χ0n) is 16.3. The van der Waals surface area contributed by atoms with Crippen LogP contribution >= 0.6 is 0 Å². The van der Waals surface area contributed by atoms with E-state index in [0.29, 0.717) is 19.7 Å². The predicted molar refractivity (Wildman–Crippen MR) is 102 cm³/mol. The second-order valence-corrected chi connectivity index (χ2v) is 6.96. The van der Waals surface area contributed by atoms with E-state index in [2.05, 4.69) is 5.10 Å². The summed E-state index contributed by atoms with van der Waals surface area (Å²) in [4.78, 5) is 28.4. The van der Waals surface area contributed by atoms with E-state index in [1.54, 1.807) is 23.8 Å². The van der Waals surface area contributed by atoms with Crippen LogP contribution in [0, 0.1) is 13.8 Å². The van der Waals surface area contributed by atoms with Gasteiger partial charge in [-0.05, 0) is 44.5 Å². The quantitative estimate of drug-likeness (QED) is 0.776. The third-order valence-electron chi connectivity index (χ3n) is 4.87. The van der Waals surface area contributed by atoms with Gasteiger partial charge in [-0.25, -0.2) is 4.68 Å². The normalized spacial score (nSPS) is 17.7. The van der Waals surface area contributed by atoms with Gasteiger partial charge < -0.3 is 14.5 Å². The van der Waals surface area contributed by atoms with Crippen molar-refractivity contribution in [2.75, 3.05) is 26.8 Å². The fraction of sp³-hybridized carbons (Fsp3) is 0.450. The van der Waals surface area contributed by atoms with Crippen molar-refractivity contribution in [1.29, 1.82) is 0 Å². The van der Waals surface area contributed by atoms with Crippen molar-refractivity contribution in [3.8, 4) is 5.69 Å². The third-order valence-corrected chi connectivity index (χ3v) is 4.87. The maximum Gasteiger partial charge on any atom is 0.245 e. The van der Waals surface area contributed by atoms with Crippen LogP contribution in [0.4, 0.5) is 0 Å². The first-order valence-corrected chi connectivity index (χ1v) is 9.10. The summed E-state index contributed by atoms with van der Waals surface area (Å²) in [5, 5.41) is 4.51.